The van der Waals surface area contributed by atoms with Crippen LogP contribution in [0.15, 0.2) is 102 Å². The molecule has 6 aromatic rings. The molecule has 312 valence electrons. The topological polar surface area (TPSA) is 182 Å². The van der Waals surface area contributed by atoms with Gasteiger partial charge in [-0.2, -0.15) is 0 Å². The van der Waals surface area contributed by atoms with Crippen LogP contribution >= 0.6 is 0 Å². The van der Waals surface area contributed by atoms with E-state index >= 15 is 0 Å². The number of aromatic amines is 2. The minimum absolute atomic E-state index is 0.193. The number of oxazole rings is 1. The number of carbonyl (C=O) groups is 4. The first-order valence-electron chi connectivity index (χ1n) is 20.4. The predicted octanol–water partition coefficient (Wildman–Crippen LogP) is 6.93. The van der Waals surface area contributed by atoms with Gasteiger partial charge in [0.2, 0.25) is 29.5 Å². The van der Waals surface area contributed by atoms with Gasteiger partial charge in [-0.3, -0.25) is 19.2 Å². The van der Waals surface area contributed by atoms with Crippen LogP contribution in [-0.4, -0.2) is 77.5 Å². The van der Waals surface area contributed by atoms with Crippen molar-refractivity contribution in [2.24, 2.45) is 5.92 Å². The van der Waals surface area contributed by atoms with E-state index < -0.39 is 18.1 Å². The highest BCUT2D eigenvalue weighted by Gasteiger charge is 2.34. The van der Waals surface area contributed by atoms with Crippen LogP contribution in [0, 0.1) is 18.3 Å². The summed E-state index contributed by atoms with van der Waals surface area (Å²) in [7, 11) is 0. The summed E-state index contributed by atoms with van der Waals surface area (Å²) in [6, 6.07) is 18.6. The molecule has 0 spiro atoms. The molecule has 0 saturated carbocycles. The Morgan fingerprint density at radius 1 is 0.902 bits per heavy atom. The van der Waals surface area contributed by atoms with Gasteiger partial charge in [0.25, 0.3) is 0 Å². The Kier molecular flexibility index (Phi) is 12.9. The Morgan fingerprint density at radius 3 is 2.33 bits per heavy atom. The van der Waals surface area contributed by atoms with Crippen molar-refractivity contribution in [2.45, 2.75) is 71.6 Å². The largest absolute Gasteiger partial charge is 0.436 e. The van der Waals surface area contributed by atoms with Gasteiger partial charge in [-0.15, -0.1) is 12.3 Å². The maximum Gasteiger partial charge on any atom is 0.250 e. The van der Waals surface area contributed by atoms with Crippen LogP contribution in [0.5, 0.6) is 0 Å². The molecule has 61 heavy (non-hydrogen) atoms. The van der Waals surface area contributed by atoms with Crippen molar-refractivity contribution in [3.63, 3.8) is 0 Å². The maximum atomic E-state index is 14.1. The Balaban J connectivity index is 1.08. The molecule has 3 aromatic heterocycles. The second-order valence-electron chi connectivity index (χ2n) is 15.2. The molecule has 14 heteroatoms. The van der Waals surface area contributed by atoms with E-state index in [1.165, 1.54) is 13.8 Å². The molecule has 7 rings (SSSR count). The van der Waals surface area contributed by atoms with E-state index in [0.29, 0.717) is 60.3 Å². The van der Waals surface area contributed by atoms with Crippen LogP contribution in [0.2, 0.25) is 0 Å². The summed E-state index contributed by atoms with van der Waals surface area (Å²) in [5.74, 6) is 3.57. The minimum Gasteiger partial charge on any atom is -0.436 e. The van der Waals surface area contributed by atoms with E-state index in [9.17, 15) is 19.2 Å². The Hall–Kier alpha value is -7.27. The summed E-state index contributed by atoms with van der Waals surface area (Å²) in [5, 5.41) is 5.69. The van der Waals surface area contributed by atoms with Crippen LogP contribution < -0.4 is 10.6 Å². The number of carbonyl (C=O) groups excluding carboxylic acids is 4. The number of H-pyrrole nitrogens is 2. The number of terminal acetylenes is 1. The Bertz CT molecular complexity index is 2650. The number of fused-ring (bicyclic) bond motifs is 2. The van der Waals surface area contributed by atoms with Crippen molar-refractivity contribution in [3.05, 3.63) is 114 Å². The maximum absolute atomic E-state index is 14.1. The number of imidazole rings is 2. The summed E-state index contributed by atoms with van der Waals surface area (Å²) in [5.41, 5.74) is 5.14. The third kappa shape index (κ3) is 9.63. The first-order chi connectivity index (χ1) is 29.5. The second-order valence-corrected chi connectivity index (χ2v) is 15.2. The van der Waals surface area contributed by atoms with Gasteiger partial charge in [-0.1, -0.05) is 61.6 Å². The molecular formula is C47H49N9O5. The smallest absolute Gasteiger partial charge is 0.250 e. The fourth-order valence-electron chi connectivity index (χ4n) is 7.65. The number of aromatic nitrogens is 5. The fraction of sp³-hybridized carbons (Fsp3) is 0.298. The van der Waals surface area contributed by atoms with Crippen molar-refractivity contribution in [3.8, 4) is 35.1 Å². The van der Waals surface area contributed by atoms with Crippen molar-refractivity contribution in [1.82, 2.24) is 45.4 Å². The Morgan fingerprint density at radius 2 is 1.62 bits per heavy atom. The molecule has 1 aliphatic carbocycles. The highest BCUT2D eigenvalue weighted by molar-refractivity contribution is 5.89. The lowest BCUT2D eigenvalue weighted by Crippen LogP contribution is -2.52. The predicted molar refractivity (Wildman–Crippen MR) is 233 cm³/mol. The molecule has 3 heterocycles. The van der Waals surface area contributed by atoms with Gasteiger partial charge in [0.1, 0.15) is 23.7 Å². The lowest BCUT2D eigenvalue weighted by atomic mass is 9.91. The summed E-state index contributed by atoms with van der Waals surface area (Å²) in [6.07, 6.45) is 16.7. The molecule has 14 nitrogen and oxygen atoms in total. The third-order valence-electron chi connectivity index (χ3n) is 10.7. The lowest BCUT2D eigenvalue weighted by molar-refractivity contribution is -0.139. The summed E-state index contributed by atoms with van der Waals surface area (Å²) in [6.45, 7) is 7.71. The summed E-state index contributed by atoms with van der Waals surface area (Å²) in [4.78, 5) is 76.6. The van der Waals surface area contributed by atoms with Gasteiger partial charge in [0, 0.05) is 50.4 Å². The zero-order valence-electron chi connectivity index (χ0n) is 34.6. The van der Waals surface area contributed by atoms with Crippen molar-refractivity contribution >= 4 is 45.7 Å². The van der Waals surface area contributed by atoms with Crippen molar-refractivity contribution in [2.75, 3.05) is 13.1 Å². The number of rotatable bonds is 16. The number of hydrogen-bond acceptors (Lipinski definition) is 8. The van der Waals surface area contributed by atoms with E-state index in [1.807, 2.05) is 105 Å². The van der Waals surface area contributed by atoms with E-state index in [-0.39, 0.29) is 36.1 Å². The van der Waals surface area contributed by atoms with Crippen molar-refractivity contribution < 1.29 is 23.6 Å². The van der Waals surface area contributed by atoms with Crippen LogP contribution in [0.1, 0.15) is 76.3 Å². The fourth-order valence-corrected chi connectivity index (χ4v) is 7.65. The molecular weight excluding hydrogens is 771 g/mol. The molecule has 0 aliphatic heterocycles. The number of amides is 4. The molecule has 1 unspecified atom stereocenters. The second kappa shape index (κ2) is 18.8. The van der Waals surface area contributed by atoms with E-state index in [2.05, 4.69) is 31.5 Å². The van der Waals surface area contributed by atoms with Crippen LogP contribution in [0.4, 0.5) is 0 Å². The monoisotopic (exact) mass is 819 g/mol. The number of nitrogens with one attached hydrogen (secondary N) is 4. The molecule has 4 N–H and O–H groups in total. The lowest BCUT2D eigenvalue weighted by Gasteiger charge is -2.34. The van der Waals surface area contributed by atoms with Crippen molar-refractivity contribution in [1.29, 1.82) is 0 Å². The molecule has 0 bridgehead atoms. The van der Waals surface area contributed by atoms with Gasteiger partial charge >= 0.3 is 0 Å². The standard InChI is InChI=1S/C47H49N9O5/c1-6-8-24-56(47(60)43(50-31(5)58)33-17-13-10-14-18-33)29(3)44-53-37-21-19-34(25-39(37)54-44)40-27-48-45(61-40)35-20-22-36-38(26-35)52-41(51-36)28-55(23-7-2)46(59)42(49-30(4)57)32-15-11-9-12-16-32/h1,9-17,19-22,25-27,29,33,42-43H,7-8,18,23-24,28H2,2-5H3,(H,49,57)(H,50,58)(H,51,52)(H,53,54)/t29-,33?,42+,43+/m0/s1. The average molecular weight is 820 g/mol. The van der Waals surface area contributed by atoms with Gasteiger partial charge in [0.05, 0.1) is 40.9 Å². The number of nitrogens with zero attached hydrogens (tertiary/aromatic N) is 5. The third-order valence-corrected chi connectivity index (χ3v) is 10.7. The van der Waals surface area contributed by atoms with E-state index in [4.69, 9.17) is 20.8 Å². The molecule has 4 amide bonds. The molecule has 0 radical (unpaired) electrons. The number of hydrogen-bond donors (Lipinski definition) is 4. The van der Waals surface area contributed by atoms with Crippen LogP contribution in [-0.2, 0) is 25.7 Å². The van der Waals surface area contributed by atoms with E-state index in [0.717, 1.165) is 34.1 Å². The number of allylic oxidation sites excluding steroid dienone is 3. The highest BCUT2D eigenvalue weighted by atomic mass is 16.4. The minimum atomic E-state index is -0.817. The normalized spacial score (nSPS) is 14.9. The molecule has 0 saturated heterocycles. The summed E-state index contributed by atoms with van der Waals surface area (Å²) < 4.78 is 6.29. The van der Waals surface area contributed by atoms with Gasteiger partial charge in [-0.05, 0) is 61.7 Å². The summed E-state index contributed by atoms with van der Waals surface area (Å²) >= 11 is 0. The molecule has 1 aliphatic rings. The van der Waals surface area contributed by atoms with E-state index in [1.54, 1.807) is 16.0 Å². The Labute approximate surface area is 353 Å². The highest BCUT2D eigenvalue weighted by Crippen LogP contribution is 2.31. The number of benzene rings is 3. The molecule has 3 aromatic carbocycles. The first kappa shape index (κ1) is 41.9. The quantitative estimate of drug-likeness (QED) is 0.0759. The molecule has 0 fully saturated rings. The molecule has 4 atom stereocenters. The van der Waals surface area contributed by atoms with Gasteiger partial charge < -0.3 is 34.8 Å². The first-order valence-corrected chi connectivity index (χ1v) is 20.4. The average Bonchev–Trinajstić information content (AvgIpc) is 4.03. The van der Waals surface area contributed by atoms with Crippen LogP contribution in [0.3, 0.4) is 0 Å². The SMILES string of the molecule is C#CCCN(C(=O)[C@H](NC(C)=O)C1C=CC=CC1)[C@@H](C)c1nc2ccc(-c3cnc(-c4ccc5nc(CN(CCC)C(=O)[C@H](NC(C)=O)c6ccccc6)[nH]c5c4)o3)cc2[nH]1. The van der Waals surface area contributed by atoms with Crippen LogP contribution in [0.25, 0.3) is 44.8 Å². The van der Waals surface area contributed by atoms with Gasteiger partial charge in [-0.25, -0.2) is 15.0 Å². The zero-order chi connectivity index (χ0) is 43.0. The zero-order valence-corrected chi connectivity index (χ0v) is 34.6. The van der Waals surface area contributed by atoms with Gasteiger partial charge in [0.15, 0.2) is 5.76 Å².